The number of sulfonamides is 1. The van der Waals surface area contributed by atoms with Gasteiger partial charge in [0.25, 0.3) is 0 Å². The average Bonchev–Trinajstić information content (AvgIpc) is 2.59. The smallest absolute Gasteiger partial charge is 0.247 e. The number of rotatable bonds is 7. The van der Waals surface area contributed by atoms with Crippen molar-refractivity contribution in [2.24, 2.45) is 0 Å². The van der Waals surface area contributed by atoms with Crippen molar-refractivity contribution in [1.29, 1.82) is 0 Å². The number of hydrogen-bond acceptors (Lipinski definition) is 4. The second-order valence-electron chi connectivity index (χ2n) is 6.61. The third-order valence-electron chi connectivity index (χ3n) is 4.20. The van der Waals surface area contributed by atoms with Crippen LogP contribution >= 0.6 is 11.6 Å². The van der Waals surface area contributed by atoms with Gasteiger partial charge in [0, 0.05) is 17.8 Å². The first-order valence-corrected chi connectivity index (χ1v) is 10.6. The van der Waals surface area contributed by atoms with Gasteiger partial charge in [0.2, 0.25) is 15.9 Å². The van der Waals surface area contributed by atoms with Crippen LogP contribution in [0.15, 0.2) is 35.2 Å². The molecule has 1 amide bonds. The van der Waals surface area contributed by atoms with Crippen LogP contribution in [0.4, 0.5) is 5.69 Å². The Bertz CT molecular complexity index is 967. The molecule has 2 aromatic rings. The minimum atomic E-state index is -3.97. The van der Waals surface area contributed by atoms with Crippen LogP contribution in [0.3, 0.4) is 0 Å². The molecule has 0 radical (unpaired) electrons. The van der Waals surface area contributed by atoms with Crippen LogP contribution in [-0.4, -0.2) is 38.8 Å². The van der Waals surface area contributed by atoms with Crippen LogP contribution in [0, 0.1) is 20.8 Å². The molecule has 0 aliphatic heterocycles. The first-order chi connectivity index (χ1) is 13.1. The van der Waals surface area contributed by atoms with E-state index >= 15 is 0 Å². The molecule has 0 saturated carbocycles. The number of likely N-dealkylation sites (N-methyl/N-ethyl adjacent to an activating group) is 1. The van der Waals surface area contributed by atoms with E-state index in [0.717, 1.165) is 21.0 Å². The number of carbonyl (C=O) groups excluding carboxylic acids is 1. The van der Waals surface area contributed by atoms with Crippen molar-refractivity contribution < 1.29 is 17.9 Å². The van der Waals surface area contributed by atoms with Gasteiger partial charge in [-0.3, -0.25) is 4.79 Å². The monoisotopic (exact) mass is 424 g/mol. The number of nitrogens with zero attached hydrogens (tertiary/aromatic N) is 1. The van der Waals surface area contributed by atoms with Gasteiger partial charge in [0.05, 0.1) is 13.2 Å². The first kappa shape index (κ1) is 22.2. The fourth-order valence-corrected chi connectivity index (χ4v) is 4.49. The number of benzene rings is 2. The normalized spacial score (nSPS) is 11.5. The lowest BCUT2D eigenvalue weighted by Gasteiger charge is -2.20. The molecule has 0 atom stereocenters. The third kappa shape index (κ3) is 5.04. The highest BCUT2D eigenvalue weighted by Gasteiger charge is 2.27. The second-order valence-corrected chi connectivity index (χ2v) is 9.06. The lowest BCUT2D eigenvalue weighted by atomic mass is 10.1. The average molecular weight is 425 g/mol. The standard InChI is InChI=1S/C20H25ClN2O4S/c1-6-27-17-8-7-16(21)11-18(17)28(25,26)23(5)12-19(24)22-20-14(3)9-13(2)10-15(20)4/h7-11H,6,12H2,1-5H3,(H,22,24). The Morgan fingerprint density at radius 3 is 2.32 bits per heavy atom. The van der Waals surface area contributed by atoms with E-state index in [1.165, 1.54) is 19.2 Å². The van der Waals surface area contributed by atoms with E-state index in [4.69, 9.17) is 16.3 Å². The molecule has 0 bridgehead atoms. The maximum Gasteiger partial charge on any atom is 0.247 e. The van der Waals surface area contributed by atoms with Crippen molar-refractivity contribution in [3.05, 3.63) is 52.0 Å². The van der Waals surface area contributed by atoms with Crippen molar-refractivity contribution in [1.82, 2.24) is 4.31 Å². The maximum atomic E-state index is 13.0. The molecule has 0 fully saturated rings. The van der Waals surface area contributed by atoms with Crippen LogP contribution in [0.2, 0.25) is 5.02 Å². The molecular weight excluding hydrogens is 400 g/mol. The Hall–Kier alpha value is -2.09. The molecule has 28 heavy (non-hydrogen) atoms. The Labute approximate surface area is 171 Å². The summed E-state index contributed by atoms with van der Waals surface area (Å²) >= 11 is 5.97. The van der Waals surface area contributed by atoms with Gasteiger partial charge < -0.3 is 10.1 Å². The van der Waals surface area contributed by atoms with E-state index in [0.29, 0.717) is 12.3 Å². The summed E-state index contributed by atoms with van der Waals surface area (Å²) in [5.74, 6) is -0.231. The molecule has 0 heterocycles. The van der Waals surface area contributed by atoms with E-state index in [2.05, 4.69) is 5.32 Å². The van der Waals surface area contributed by atoms with Crippen molar-refractivity contribution in [3.8, 4) is 5.75 Å². The van der Waals surface area contributed by atoms with Gasteiger partial charge in [-0.05, 0) is 57.0 Å². The number of hydrogen-bond donors (Lipinski definition) is 1. The zero-order valence-electron chi connectivity index (χ0n) is 16.7. The van der Waals surface area contributed by atoms with Gasteiger partial charge in [0.15, 0.2) is 0 Å². The van der Waals surface area contributed by atoms with Crippen LogP contribution in [-0.2, 0) is 14.8 Å². The fourth-order valence-electron chi connectivity index (χ4n) is 2.97. The molecule has 0 aliphatic rings. The lowest BCUT2D eigenvalue weighted by molar-refractivity contribution is -0.116. The molecule has 152 valence electrons. The Morgan fingerprint density at radius 1 is 1.14 bits per heavy atom. The summed E-state index contributed by atoms with van der Waals surface area (Å²) in [4.78, 5) is 12.4. The number of carbonyl (C=O) groups is 1. The molecule has 0 aliphatic carbocycles. The number of amides is 1. The molecule has 8 heteroatoms. The van der Waals surface area contributed by atoms with E-state index in [-0.39, 0.29) is 22.2 Å². The minimum absolute atomic E-state index is 0.0696. The number of anilines is 1. The SMILES string of the molecule is CCOc1ccc(Cl)cc1S(=O)(=O)N(C)CC(=O)Nc1c(C)cc(C)cc1C. The van der Waals surface area contributed by atoms with Crippen LogP contribution in [0.5, 0.6) is 5.75 Å². The summed E-state index contributed by atoms with van der Waals surface area (Å²) in [7, 11) is -2.62. The highest BCUT2D eigenvalue weighted by Crippen LogP contribution is 2.29. The largest absolute Gasteiger partial charge is 0.492 e. The van der Waals surface area contributed by atoms with Gasteiger partial charge in [0.1, 0.15) is 10.6 Å². The van der Waals surface area contributed by atoms with E-state index in [1.54, 1.807) is 13.0 Å². The summed E-state index contributed by atoms with van der Waals surface area (Å²) < 4.78 is 32.3. The molecule has 2 aromatic carbocycles. The molecule has 2 rings (SSSR count). The predicted octanol–water partition coefficient (Wildman–Crippen LogP) is 3.92. The number of aryl methyl sites for hydroxylation is 3. The Morgan fingerprint density at radius 2 is 1.75 bits per heavy atom. The molecular formula is C20H25ClN2O4S. The first-order valence-electron chi connectivity index (χ1n) is 8.82. The fraction of sp³-hybridized carbons (Fsp3) is 0.350. The molecule has 1 N–H and O–H groups in total. The lowest BCUT2D eigenvalue weighted by Crippen LogP contribution is -2.35. The second kappa shape index (κ2) is 8.94. The number of nitrogens with one attached hydrogen (secondary N) is 1. The molecule has 0 saturated heterocycles. The van der Waals surface area contributed by atoms with Crippen molar-refractivity contribution in [2.75, 3.05) is 25.5 Å². The maximum absolute atomic E-state index is 13.0. The van der Waals surface area contributed by atoms with Gasteiger partial charge >= 0.3 is 0 Å². The van der Waals surface area contributed by atoms with E-state index in [9.17, 15) is 13.2 Å². The van der Waals surface area contributed by atoms with Gasteiger partial charge in [-0.2, -0.15) is 4.31 Å². The van der Waals surface area contributed by atoms with Crippen molar-refractivity contribution in [3.63, 3.8) is 0 Å². The summed E-state index contributed by atoms with van der Waals surface area (Å²) in [5.41, 5.74) is 3.63. The van der Waals surface area contributed by atoms with Crippen molar-refractivity contribution >= 4 is 33.2 Å². The third-order valence-corrected chi connectivity index (χ3v) is 6.26. The zero-order valence-corrected chi connectivity index (χ0v) is 18.2. The highest BCUT2D eigenvalue weighted by atomic mass is 35.5. The molecule has 6 nitrogen and oxygen atoms in total. The van der Waals surface area contributed by atoms with Gasteiger partial charge in [-0.1, -0.05) is 29.3 Å². The molecule has 0 unspecified atom stereocenters. The highest BCUT2D eigenvalue weighted by molar-refractivity contribution is 7.89. The van der Waals surface area contributed by atoms with Crippen LogP contribution < -0.4 is 10.1 Å². The number of ether oxygens (including phenoxy) is 1. The Kier molecular flexibility index (Phi) is 7.09. The quantitative estimate of drug-likeness (QED) is 0.730. The summed E-state index contributed by atoms with van der Waals surface area (Å²) in [6.07, 6.45) is 0. The molecule has 0 aromatic heterocycles. The van der Waals surface area contributed by atoms with Crippen LogP contribution in [0.1, 0.15) is 23.6 Å². The summed E-state index contributed by atoms with van der Waals surface area (Å²) in [5, 5.41) is 3.08. The van der Waals surface area contributed by atoms with Crippen LogP contribution in [0.25, 0.3) is 0 Å². The summed E-state index contributed by atoms with van der Waals surface area (Å²) in [6, 6.07) is 8.31. The Balaban J connectivity index is 2.23. The predicted molar refractivity (Wildman–Crippen MR) is 112 cm³/mol. The zero-order chi connectivity index (χ0) is 21.1. The van der Waals surface area contributed by atoms with Gasteiger partial charge in [-0.25, -0.2) is 8.42 Å². The van der Waals surface area contributed by atoms with Gasteiger partial charge in [-0.15, -0.1) is 0 Å². The topological polar surface area (TPSA) is 75.7 Å². The number of halogens is 1. The molecule has 0 spiro atoms. The van der Waals surface area contributed by atoms with E-state index in [1.807, 2.05) is 32.9 Å². The van der Waals surface area contributed by atoms with E-state index < -0.39 is 15.9 Å². The van der Waals surface area contributed by atoms with Crippen molar-refractivity contribution in [2.45, 2.75) is 32.6 Å². The minimum Gasteiger partial charge on any atom is -0.492 e. The summed E-state index contributed by atoms with van der Waals surface area (Å²) in [6.45, 7) is 7.50.